The molecule has 0 aromatic carbocycles. The summed E-state index contributed by atoms with van der Waals surface area (Å²) < 4.78 is 9.87. The molecule has 19 heavy (non-hydrogen) atoms. The molecule has 4 nitrogen and oxygen atoms in total. The maximum Gasteiger partial charge on any atom is 0.179 e. The van der Waals surface area contributed by atoms with Crippen molar-refractivity contribution in [3.8, 4) is 0 Å². The molecular weight excluding hydrogens is 260 g/mol. The zero-order valence-electron chi connectivity index (χ0n) is 11.5. The van der Waals surface area contributed by atoms with Gasteiger partial charge in [0, 0.05) is 12.5 Å². The third-order valence-corrected chi connectivity index (χ3v) is 5.17. The first-order valence-electron chi connectivity index (χ1n) is 7.12. The molecule has 0 N–H and O–H groups in total. The molecule has 2 aliphatic rings. The van der Waals surface area contributed by atoms with Crippen molar-refractivity contribution in [2.45, 2.75) is 57.5 Å². The Labute approximate surface area is 117 Å². The molecule has 5 heteroatoms. The molecule has 1 spiro atoms. The van der Waals surface area contributed by atoms with Crippen LogP contribution in [0.1, 0.15) is 67.2 Å². The van der Waals surface area contributed by atoms with E-state index in [9.17, 15) is 4.79 Å². The standard InChI is InChI=1S/C14H20N2O2S/c1-9(2)11-13(19-16-15-11)12(17)10-4-7-18-14(8-10)5-3-6-14/h9-10H,3-8H2,1-2H3. The highest BCUT2D eigenvalue weighted by molar-refractivity contribution is 7.08. The maximum atomic E-state index is 12.7. The molecule has 1 aromatic rings. The van der Waals surface area contributed by atoms with Gasteiger partial charge in [-0.25, -0.2) is 0 Å². The number of ether oxygens (including phenoxy) is 1. The zero-order valence-corrected chi connectivity index (χ0v) is 12.3. The number of ketones is 1. The first kappa shape index (κ1) is 13.2. The molecule has 1 aromatic heterocycles. The monoisotopic (exact) mass is 280 g/mol. The molecule has 1 aliphatic carbocycles. The van der Waals surface area contributed by atoms with Crippen molar-refractivity contribution in [3.63, 3.8) is 0 Å². The smallest absolute Gasteiger partial charge is 0.179 e. The molecule has 1 aliphatic heterocycles. The summed E-state index contributed by atoms with van der Waals surface area (Å²) in [6.07, 6.45) is 5.21. The van der Waals surface area contributed by atoms with E-state index in [-0.39, 0.29) is 23.2 Å². The van der Waals surface area contributed by atoms with E-state index >= 15 is 0 Å². The van der Waals surface area contributed by atoms with Crippen molar-refractivity contribution in [2.75, 3.05) is 6.61 Å². The molecule has 3 rings (SSSR count). The van der Waals surface area contributed by atoms with Crippen LogP contribution in [0.25, 0.3) is 0 Å². The number of carbonyl (C=O) groups is 1. The summed E-state index contributed by atoms with van der Waals surface area (Å²) in [4.78, 5) is 13.5. The first-order valence-corrected chi connectivity index (χ1v) is 7.89. The average molecular weight is 280 g/mol. The SMILES string of the molecule is CC(C)c1nnsc1C(=O)C1CCOC2(CCC2)C1. The zero-order chi connectivity index (χ0) is 13.5. The van der Waals surface area contributed by atoms with E-state index in [1.54, 1.807) is 0 Å². The molecule has 0 amide bonds. The molecule has 1 unspecified atom stereocenters. The fourth-order valence-electron chi connectivity index (χ4n) is 3.10. The van der Waals surface area contributed by atoms with E-state index in [0.717, 1.165) is 42.9 Å². The normalized spacial score (nSPS) is 25.5. The highest BCUT2D eigenvalue weighted by Gasteiger charge is 2.45. The molecule has 1 atom stereocenters. The predicted molar refractivity (Wildman–Crippen MR) is 73.6 cm³/mol. The summed E-state index contributed by atoms with van der Waals surface area (Å²) >= 11 is 1.25. The Bertz CT molecular complexity index is 480. The Morgan fingerprint density at radius 3 is 2.89 bits per heavy atom. The lowest BCUT2D eigenvalue weighted by Gasteiger charge is -2.46. The van der Waals surface area contributed by atoms with Crippen LogP contribution in [0.3, 0.4) is 0 Å². The van der Waals surface area contributed by atoms with Crippen LogP contribution in [0.15, 0.2) is 0 Å². The van der Waals surface area contributed by atoms with Crippen molar-refractivity contribution in [1.29, 1.82) is 0 Å². The van der Waals surface area contributed by atoms with E-state index < -0.39 is 0 Å². The summed E-state index contributed by atoms with van der Waals surface area (Å²) in [6, 6.07) is 0. The molecule has 104 valence electrons. The topological polar surface area (TPSA) is 52.1 Å². The van der Waals surface area contributed by atoms with Crippen molar-refractivity contribution < 1.29 is 9.53 Å². The van der Waals surface area contributed by atoms with Gasteiger partial charge in [0.2, 0.25) is 0 Å². The second-order valence-electron chi connectivity index (χ2n) is 6.08. The van der Waals surface area contributed by atoms with Gasteiger partial charge < -0.3 is 4.74 Å². The van der Waals surface area contributed by atoms with Crippen LogP contribution >= 0.6 is 11.5 Å². The maximum absolute atomic E-state index is 12.7. The molecule has 0 bridgehead atoms. The van der Waals surface area contributed by atoms with Gasteiger partial charge in [-0.15, -0.1) is 5.10 Å². The van der Waals surface area contributed by atoms with Crippen molar-refractivity contribution in [2.24, 2.45) is 5.92 Å². The van der Waals surface area contributed by atoms with E-state index in [1.807, 2.05) is 0 Å². The number of carbonyl (C=O) groups excluding carboxylic acids is 1. The summed E-state index contributed by atoms with van der Waals surface area (Å²) in [7, 11) is 0. The highest BCUT2D eigenvalue weighted by atomic mass is 32.1. The Morgan fingerprint density at radius 2 is 2.26 bits per heavy atom. The molecule has 0 radical (unpaired) electrons. The van der Waals surface area contributed by atoms with Gasteiger partial charge in [0.05, 0.1) is 11.3 Å². The third kappa shape index (κ3) is 2.34. The second kappa shape index (κ2) is 4.94. The predicted octanol–water partition coefficient (Wildman–Crippen LogP) is 3.19. The van der Waals surface area contributed by atoms with Gasteiger partial charge in [0.1, 0.15) is 4.88 Å². The van der Waals surface area contributed by atoms with Crippen LogP contribution in [0, 0.1) is 5.92 Å². The minimum Gasteiger partial charge on any atom is -0.375 e. The van der Waals surface area contributed by atoms with Gasteiger partial charge in [-0.1, -0.05) is 18.3 Å². The van der Waals surface area contributed by atoms with Gasteiger partial charge in [-0.2, -0.15) is 0 Å². The molecule has 2 heterocycles. The fraction of sp³-hybridized carbons (Fsp3) is 0.786. The van der Waals surface area contributed by atoms with E-state index in [1.165, 1.54) is 18.0 Å². The van der Waals surface area contributed by atoms with Crippen LogP contribution in [-0.4, -0.2) is 27.6 Å². The molecular formula is C14H20N2O2S. The van der Waals surface area contributed by atoms with Crippen LogP contribution < -0.4 is 0 Å². The van der Waals surface area contributed by atoms with E-state index in [2.05, 4.69) is 23.4 Å². The lowest BCUT2D eigenvalue weighted by molar-refractivity contribution is -0.137. The van der Waals surface area contributed by atoms with Crippen LogP contribution in [0.5, 0.6) is 0 Å². The third-order valence-electron chi connectivity index (χ3n) is 4.41. The number of hydrogen-bond acceptors (Lipinski definition) is 5. The van der Waals surface area contributed by atoms with Gasteiger partial charge in [0.15, 0.2) is 5.78 Å². The van der Waals surface area contributed by atoms with Gasteiger partial charge in [-0.05, 0) is 49.6 Å². The molecule has 1 saturated heterocycles. The average Bonchev–Trinajstić information content (AvgIpc) is 2.85. The summed E-state index contributed by atoms with van der Waals surface area (Å²) in [5.74, 6) is 0.609. The van der Waals surface area contributed by atoms with Crippen LogP contribution in [0.4, 0.5) is 0 Å². The van der Waals surface area contributed by atoms with Crippen molar-refractivity contribution >= 4 is 17.3 Å². The van der Waals surface area contributed by atoms with Crippen LogP contribution in [0.2, 0.25) is 0 Å². The minimum atomic E-state index is 0.0225. The van der Waals surface area contributed by atoms with E-state index in [4.69, 9.17) is 4.74 Å². The Balaban J connectivity index is 1.77. The number of hydrogen-bond donors (Lipinski definition) is 0. The lowest BCUT2D eigenvalue weighted by atomic mass is 9.71. The number of rotatable bonds is 3. The lowest BCUT2D eigenvalue weighted by Crippen LogP contribution is -2.47. The highest BCUT2D eigenvalue weighted by Crippen LogP contribution is 2.45. The number of nitrogens with zero attached hydrogens (tertiary/aromatic N) is 2. The quantitative estimate of drug-likeness (QED) is 0.798. The minimum absolute atomic E-state index is 0.0225. The summed E-state index contributed by atoms with van der Waals surface area (Å²) in [5.41, 5.74) is 0.887. The summed E-state index contributed by atoms with van der Waals surface area (Å²) in [5, 5.41) is 4.12. The first-order chi connectivity index (χ1) is 9.11. The van der Waals surface area contributed by atoms with Gasteiger partial charge in [-0.3, -0.25) is 4.79 Å². The Morgan fingerprint density at radius 1 is 1.47 bits per heavy atom. The van der Waals surface area contributed by atoms with Gasteiger partial charge in [0.25, 0.3) is 0 Å². The van der Waals surface area contributed by atoms with Gasteiger partial charge >= 0.3 is 0 Å². The second-order valence-corrected chi connectivity index (χ2v) is 6.84. The molecule has 1 saturated carbocycles. The Kier molecular flexibility index (Phi) is 3.43. The molecule has 2 fully saturated rings. The van der Waals surface area contributed by atoms with E-state index in [0.29, 0.717) is 0 Å². The number of aromatic nitrogens is 2. The van der Waals surface area contributed by atoms with Crippen molar-refractivity contribution in [1.82, 2.24) is 9.59 Å². The van der Waals surface area contributed by atoms with Crippen LogP contribution in [-0.2, 0) is 4.74 Å². The fourth-order valence-corrected chi connectivity index (χ4v) is 3.94. The summed E-state index contributed by atoms with van der Waals surface area (Å²) in [6.45, 7) is 4.84. The van der Waals surface area contributed by atoms with Crippen molar-refractivity contribution in [3.05, 3.63) is 10.6 Å². The number of Topliss-reactive ketones (excluding diaryl/α,β-unsaturated/α-hetero) is 1. The largest absolute Gasteiger partial charge is 0.375 e. The Hall–Kier alpha value is -0.810.